The number of fused-ring (bicyclic) bond motifs is 9. The molecule has 0 unspecified atom stereocenters. The third-order valence-corrected chi connectivity index (χ3v) is 6.32. The van der Waals surface area contributed by atoms with Gasteiger partial charge in [0.15, 0.2) is 0 Å². The number of aromatic nitrogens is 2. The molecule has 2 heteroatoms. The van der Waals surface area contributed by atoms with Crippen LogP contribution >= 0.6 is 0 Å². The molecule has 0 spiro atoms. The Kier molecular flexibility index (Phi) is 3.03. The van der Waals surface area contributed by atoms with Crippen molar-refractivity contribution in [1.82, 2.24) is 8.80 Å². The molecule has 0 radical (unpaired) electrons. The zero-order valence-corrected chi connectivity index (χ0v) is 16.3. The van der Waals surface area contributed by atoms with Gasteiger partial charge in [-0.1, -0.05) is 54.6 Å². The predicted octanol–water partition coefficient (Wildman–Crippen LogP) is 7.37. The highest BCUT2D eigenvalue weighted by molar-refractivity contribution is 6.08. The first-order valence-electron chi connectivity index (χ1n) is 10.3. The lowest BCUT2D eigenvalue weighted by Crippen LogP contribution is -1.85. The zero-order chi connectivity index (χ0) is 19.7. The van der Waals surface area contributed by atoms with Gasteiger partial charge in [-0.3, -0.25) is 0 Å². The predicted molar refractivity (Wildman–Crippen MR) is 127 cm³/mol. The van der Waals surface area contributed by atoms with Gasteiger partial charge in [0.25, 0.3) is 0 Å². The van der Waals surface area contributed by atoms with Crippen LogP contribution in [0.1, 0.15) is 0 Å². The van der Waals surface area contributed by atoms with E-state index >= 15 is 0 Å². The Morgan fingerprint density at radius 1 is 0.400 bits per heavy atom. The summed E-state index contributed by atoms with van der Waals surface area (Å²) in [5.74, 6) is 0. The van der Waals surface area contributed by atoms with Gasteiger partial charge in [0, 0.05) is 23.4 Å². The fraction of sp³-hybridized carbons (Fsp3) is 0. The number of benzene rings is 4. The monoisotopic (exact) mass is 382 g/mol. The second kappa shape index (κ2) is 5.74. The summed E-state index contributed by atoms with van der Waals surface area (Å²) in [5.41, 5.74) is 4.79. The summed E-state index contributed by atoms with van der Waals surface area (Å²) in [7, 11) is 0. The highest BCUT2D eigenvalue weighted by atomic mass is 14.9. The molecule has 0 aliphatic carbocycles. The fourth-order valence-corrected chi connectivity index (χ4v) is 4.82. The van der Waals surface area contributed by atoms with Crippen LogP contribution in [0.15, 0.2) is 109 Å². The van der Waals surface area contributed by atoms with Crippen LogP contribution in [-0.4, -0.2) is 8.80 Å². The molecule has 0 aliphatic heterocycles. The Hall–Kier alpha value is -4.04. The molecule has 3 aromatic heterocycles. The molecular weight excluding hydrogens is 364 g/mol. The molecule has 7 aromatic rings. The van der Waals surface area contributed by atoms with Crippen LogP contribution in [0, 0.1) is 0 Å². The molecule has 0 aliphatic rings. The number of hydrogen-bond acceptors (Lipinski definition) is 0. The van der Waals surface area contributed by atoms with Crippen molar-refractivity contribution in [2.45, 2.75) is 0 Å². The van der Waals surface area contributed by atoms with Gasteiger partial charge < -0.3 is 8.80 Å². The van der Waals surface area contributed by atoms with Crippen LogP contribution in [0.5, 0.6) is 0 Å². The number of hydrogen-bond donors (Lipinski definition) is 0. The smallest absolute Gasteiger partial charge is 0.0534 e. The Labute approximate surface area is 172 Å². The van der Waals surface area contributed by atoms with Crippen molar-refractivity contribution in [1.29, 1.82) is 0 Å². The first-order chi connectivity index (χ1) is 14.8. The van der Waals surface area contributed by atoms with E-state index in [0.29, 0.717) is 0 Å². The van der Waals surface area contributed by atoms with Gasteiger partial charge in [0.05, 0.1) is 11.0 Å². The molecule has 6 bridgehead atoms. The quantitative estimate of drug-likeness (QED) is 0.259. The van der Waals surface area contributed by atoms with E-state index in [1.807, 2.05) is 0 Å². The largest absolute Gasteiger partial charge is 0.316 e. The molecule has 0 saturated carbocycles. The van der Waals surface area contributed by atoms with Crippen molar-refractivity contribution < 1.29 is 0 Å². The van der Waals surface area contributed by atoms with Gasteiger partial charge >= 0.3 is 0 Å². The summed E-state index contributed by atoms with van der Waals surface area (Å²) in [6.45, 7) is 0. The van der Waals surface area contributed by atoms with Crippen LogP contribution in [0.4, 0.5) is 0 Å². The first kappa shape index (κ1) is 15.8. The van der Waals surface area contributed by atoms with E-state index in [9.17, 15) is 0 Å². The van der Waals surface area contributed by atoms with E-state index in [-0.39, 0.29) is 0 Å². The maximum absolute atomic E-state index is 2.32. The van der Waals surface area contributed by atoms with E-state index in [1.54, 1.807) is 0 Å². The topological polar surface area (TPSA) is 8.82 Å². The third-order valence-electron chi connectivity index (χ3n) is 6.32. The van der Waals surface area contributed by atoms with Crippen LogP contribution in [0.3, 0.4) is 0 Å². The van der Waals surface area contributed by atoms with Crippen molar-refractivity contribution in [2.24, 2.45) is 0 Å². The third kappa shape index (κ3) is 2.13. The molecular formula is C28H18N2. The molecule has 2 nitrogen and oxygen atoms in total. The van der Waals surface area contributed by atoms with Crippen molar-refractivity contribution in [3.05, 3.63) is 109 Å². The van der Waals surface area contributed by atoms with Crippen molar-refractivity contribution in [3.8, 4) is 0 Å². The Morgan fingerprint density at radius 2 is 0.900 bits per heavy atom. The lowest BCUT2D eigenvalue weighted by molar-refractivity contribution is 1.25. The van der Waals surface area contributed by atoms with Gasteiger partial charge in [0.2, 0.25) is 0 Å². The molecule has 140 valence electrons. The minimum atomic E-state index is 1.17. The summed E-state index contributed by atoms with van der Waals surface area (Å²) in [5, 5.41) is 7.50. The average molecular weight is 382 g/mol. The lowest BCUT2D eigenvalue weighted by Gasteiger charge is -2.02. The van der Waals surface area contributed by atoms with Crippen molar-refractivity contribution in [3.63, 3.8) is 0 Å². The molecule has 0 atom stereocenters. The van der Waals surface area contributed by atoms with Gasteiger partial charge in [-0.15, -0.1) is 0 Å². The van der Waals surface area contributed by atoms with Gasteiger partial charge in [-0.2, -0.15) is 0 Å². The highest BCUT2D eigenvalue weighted by Gasteiger charge is 2.05. The molecule has 0 saturated heterocycles. The molecule has 3 heterocycles. The van der Waals surface area contributed by atoms with E-state index in [1.165, 1.54) is 54.4 Å². The van der Waals surface area contributed by atoms with Crippen LogP contribution in [-0.2, 0) is 0 Å². The van der Waals surface area contributed by atoms with E-state index in [0.717, 1.165) is 0 Å². The van der Waals surface area contributed by atoms with E-state index in [4.69, 9.17) is 0 Å². The van der Waals surface area contributed by atoms with Gasteiger partial charge in [0.1, 0.15) is 0 Å². The Balaban J connectivity index is 1.88. The molecule has 0 N–H and O–H groups in total. The highest BCUT2D eigenvalue weighted by Crippen LogP contribution is 2.28. The second-order valence-corrected chi connectivity index (χ2v) is 7.98. The Morgan fingerprint density at radius 3 is 1.43 bits per heavy atom. The molecule has 4 aromatic carbocycles. The van der Waals surface area contributed by atoms with E-state index in [2.05, 4.69) is 118 Å². The first-order valence-corrected chi connectivity index (χ1v) is 10.3. The standard InChI is InChI=1S/C28H18N2/c1-2-7-26-22-11-9-20-13-15-30(28(20)17-22)24-5-3-4-23(18-24)29-14-12-19-8-10-21(16-27(19)29)25(26)6-1/h1-18H. The summed E-state index contributed by atoms with van der Waals surface area (Å²) >= 11 is 0. The van der Waals surface area contributed by atoms with Crippen molar-refractivity contribution >= 4 is 54.4 Å². The molecule has 7 rings (SSSR count). The molecule has 30 heavy (non-hydrogen) atoms. The normalized spacial score (nSPS) is 12.0. The number of nitrogens with zero attached hydrogens (tertiary/aromatic N) is 2. The molecule has 0 amide bonds. The van der Waals surface area contributed by atoms with Crippen LogP contribution < -0.4 is 0 Å². The summed E-state index contributed by atoms with van der Waals surface area (Å²) in [6, 6.07) is 35.4. The van der Waals surface area contributed by atoms with Gasteiger partial charge in [-0.25, -0.2) is 0 Å². The van der Waals surface area contributed by atoms with Crippen LogP contribution in [0.25, 0.3) is 54.4 Å². The SMILES string of the molecule is c1ccc2c3ccc4ccn(c5cccc(c5)n5ccc6ccc(cc65)c2c1)c4c3. The zero-order valence-electron chi connectivity index (χ0n) is 16.3. The van der Waals surface area contributed by atoms with Crippen LogP contribution in [0.2, 0.25) is 0 Å². The average Bonchev–Trinajstić information content (AvgIpc) is 3.42. The minimum Gasteiger partial charge on any atom is -0.316 e. The van der Waals surface area contributed by atoms with Gasteiger partial charge in [-0.05, 0) is 74.8 Å². The minimum absolute atomic E-state index is 1.17. The Bertz CT molecular complexity index is 1670. The van der Waals surface area contributed by atoms with E-state index < -0.39 is 0 Å². The maximum atomic E-state index is 2.32. The summed E-state index contributed by atoms with van der Waals surface area (Å²) in [6.07, 6.45) is 4.34. The number of rotatable bonds is 0. The van der Waals surface area contributed by atoms with Crippen molar-refractivity contribution in [2.75, 3.05) is 0 Å². The second-order valence-electron chi connectivity index (χ2n) is 7.98. The lowest BCUT2D eigenvalue weighted by atomic mass is 10.0. The molecule has 0 fully saturated rings. The summed E-state index contributed by atoms with van der Waals surface area (Å²) in [4.78, 5) is 0. The maximum Gasteiger partial charge on any atom is 0.0534 e. The summed E-state index contributed by atoms with van der Waals surface area (Å²) < 4.78 is 4.58. The fourth-order valence-electron chi connectivity index (χ4n) is 4.82.